The fourth-order valence-electron chi connectivity index (χ4n) is 7.38. The van der Waals surface area contributed by atoms with E-state index in [1.54, 1.807) is 11.1 Å². The van der Waals surface area contributed by atoms with Crippen LogP contribution in [-0.2, 0) is 0 Å². The van der Waals surface area contributed by atoms with Gasteiger partial charge >= 0.3 is 0 Å². The Kier molecular flexibility index (Phi) is 3.80. The number of fused-ring (bicyclic) bond motifs is 4. The van der Waals surface area contributed by atoms with Gasteiger partial charge in [0.2, 0.25) is 0 Å². The zero-order chi connectivity index (χ0) is 17.3. The average Bonchev–Trinajstić information content (AvgIpc) is 2.88. The first-order valence-corrected chi connectivity index (χ1v) is 10.3. The molecule has 2 fully saturated rings. The minimum absolute atomic E-state index is 0.0325. The molecule has 0 aromatic rings. The summed E-state index contributed by atoms with van der Waals surface area (Å²) in [5.74, 6) is 1.54. The summed E-state index contributed by atoms with van der Waals surface area (Å²) in [7, 11) is 0. The lowest BCUT2D eigenvalue weighted by Crippen LogP contribution is -2.55. The van der Waals surface area contributed by atoms with Crippen molar-refractivity contribution in [2.24, 2.45) is 28.1 Å². The molecule has 0 unspecified atom stereocenters. The second-order valence-electron chi connectivity index (χ2n) is 10.3. The zero-order valence-electron chi connectivity index (χ0n) is 16.1. The van der Waals surface area contributed by atoms with Crippen molar-refractivity contribution in [2.45, 2.75) is 97.7 Å². The molecule has 2 saturated carbocycles. The largest absolute Gasteiger partial charge is 0.393 e. The van der Waals surface area contributed by atoms with Gasteiger partial charge in [-0.05, 0) is 87.4 Å². The normalized spacial score (nSPS) is 52.5. The Morgan fingerprint density at radius 3 is 2.46 bits per heavy atom. The van der Waals surface area contributed by atoms with Gasteiger partial charge in [-0.15, -0.1) is 0 Å². The molecule has 24 heavy (non-hydrogen) atoms. The van der Waals surface area contributed by atoms with Crippen molar-refractivity contribution in [1.29, 1.82) is 0 Å². The highest BCUT2D eigenvalue weighted by Crippen LogP contribution is 2.68. The Hall–Kier alpha value is -0.340. The first kappa shape index (κ1) is 17.1. The monoisotopic (exact) mass is 332 g/mol. The molecule has 0 radical (unpaired) electrons. The molecule has 4 aliphatic rings. The van der Waals surface area contributed by atoms with E-state index in [1.165, 1.54) is 38.5 Å². The molecule has 0 heterocycles. The lowest BCUT2D eigenvalue weighted by atomic mass is 9.43. The van der Waals surface area contributed by atoms with Gasteiger partial charge in [0.25, 0.3) is 0 Å². The quantitative estimate of drug-likeness (QED) is 0.674. The highest BCUT2D eigenvalue weighted by molar-refractivity contribution is 5.35. The summed E-state index contributed by atoms with van der Waals surface area (Å²) < 4.78 is 0. The third-order valence-corrected chi connectivity index (χ3v) is 9.44. The van der Waals surface area contributed by atoms with Gasteiger partial charge in [0.05, 0.1) is 12.2 Å². The molecule has 136 valence electrons. The van der Waals surface area contributed by atoms with Gasteiger partial charge < -0.3 is 10.2 Å². The van der Waals surface area contributed by atoms with E-state index in [-0.39, 0.29) is 17.6 Å². The minimum Gasteiger partial charge on any atom is -0.393 e. The van der Waals surface area contributed by atoms with Gasteiger partial charge in [-0.25, -0.2) is 0 Å². The average molecular weight is 333 g/mol. The number of hydrogen-bond acceptors (Lipinski definition) is 2. The lowest BCUT2D eigenvalue weighted by molar-refractivity contribution is -0.130. The second kappa shape index (κ2) is 5.33. The van der Waals surface area contributed by atoms with Crippen molar-refractivity contribution >= 4 is 0 Å². The molecule has 7 atom stereocenters. The number of aliphatic hydroxyl groups excluding tert-OH is 2. The molecule has 2 nitrogen and oxygen atoms in total. The number of aliphatic hydroxyl groups is 2. The van der Waals surface area contributed by atoms with Crippen LogP contribution in [0, 0.1) is 28.1 Å². The summed E-state index contributed by atoms with van der Waals surface area (Å²) >= 11 is 0. The summed E-state index contributed by atoms with van der Waals surface area (Å²) in [4.78, 5) is 0. The van der Waals surface area contributed by atoms with Crippen LogP contribution in [-0.4, -0.2) is 22.4 Å². The highest BCUT2D eigenvalue weighted by Gasteiger charge is 2.59. The molecule has 0 spiro atoms. The topological polar surface area (TPSA) is 40.5 Å². The fourth-order valence-corrected chi connectivity index (χ4v) is 7.38. The summed E-state index contributed by atoms with van der Waals surface area (Å²) in [6.07, 6.45) is 10.3. The van der Waals surface area contributed by atoms with Crippen LogP contribution in [0.2, 0.25) is 0 Å². The third kappa shape index (κ3) is 2.08. The van der Waals surface area contributed by atoms with Crippen LogP contribution in [0.25, 0.3) is 0 Å². The van der Waals surface area contributed by atoms with Gasteiger partial charge in [-0.1, -0.05) is 31.9 Å². The second-order valence-corrected chi connectivity index (χ2v) is 10.3. The zero-order valence-corrected chi connectivity index (χ0v) is 16.1. The molecule has 0 aliphatic heterocycles. The maximum Gasteiger partial charge on any atom is 0.0602 e. The molecule has 0 saturated heterocycles. The van der Waals surface area contributed by atoms with Crippen LogP contribution in [0.3, 0.4) is 0 Å². The molecule has 2 heteroatoms. The Bertz CT molecular complexity index is 564. The van der Waals surface area contributed by atoms with E-state index in [1.807, 2.05) is 6.92 Å². The van der Waals surface area contributed by atoms with Crippen LogP contribution in [0.1, 0.15) is 85.5 Å². The van der Waals surface area contributed by atoms with Crippen molar-refractivity contribution in [3.63, 3.8) is 0 Å². The molecule has 4 aliphatic carbocycles. The predicted octanol–water partition coefficient (Wildman–Crippen LogP) is 4.84. The molecule has 0 aromatic heterocycles. The van der Waals surface area contributed by atoms with Crippen molar-refractivity contribution in [3.05, 3.63) is 11.1 Å². The molecule has 0 aromatic carbocycles. The van der Waals surface area contributed by atoms with Crippen molar-refractivity contribution in [2.75, 3.05) is 0 Å². The van der Waals surface area contributed by atoms with E-state index in [9.17, 15) is 10.2 Å². The Morgan fingerprint density at radius 1 is 1.00 bits per heavy atom. The number of rotatable bonds is 1. The van der Waals surface area contributed by atoms with Gasteiger partial charge in [0.1, 0.15) is 0 Å². The fraction of sp³-hybridized carbons (Fsp3) is 0.909. The summed E-state index contributed by atoms with van der Waals surface area (Å²) in [6, 6.07) is 0. The van der Waals surface area contributed by atoms with Crippen LogP contribution >= 0.6 is 0 Å². The summed E-state index contributed by atoms with van der Waals surface area (Å²) in [5.41, 5.74) is 4.10. The van der Waals surface area contributed by atoms with Crippen molar-refractivity contribution < 1.29 is 10.2 Å². The molecule has 4 rings (SSSR count). The standard InChI is InChI=1S/C22H36O2/c1-14(23)21(3)11-9-16-17-8-10-20(2)13-15(24)7-12-22(20,4)19(17)6-5-18(16)21/h14-15,17,19,23-24H,5-13H2,1-4H3/t14-,15+,17-,19+,20-,21-,22+/m0/s1. The highest BCUT2D eigenvalue weighted by atomic mass is 16.3. The molecule has 0 amide bonds. The van der Waals surface area contributed by atoms with E-state index < -0.39 is 0 Å². The van der Waals surface area contributed by atoms with Gasteiger partial charge in [-0.3, -0.25) is 0 Å². The Labute approximate surface area is 147 Å². The van der Waals surface area contributed by atoms with Crippen LogP contribution in [0.5, 0.6) is 0 Å². The lowest BCUT2D eigenvalue weighted by Gasteiger charge is -2.62. The maximum atomic E-state index is 10.4. The van der Waals surface area contributed by atoms with Crippen LogP contribution in [0.4, 0.5) is 0 Å². The Balaban J connectivity index is 1.69. The van der Waals surface area contributed by atoms with Gasteiger partial charge in [0, 0.05) is 5.41 Å². The molecule has 2 N–H and O–H groups in total. The van der Waals surface area contributed by atoms with E-state index >= 15 is 0 Å². The van der Waals surface area contributed by atoms with Crippen LogP contribution in [0.15, 0.2) is 11.1 Å². The predicted molar refractivity (Wildman–Crippen MR) is 97.6 cm³/mol. The van der Waals surface area contributed by atoms with E-state index in [0.29, 0.717) is 10.8 Å². The molecular weight excluding hydrogens is 296 g/mol. The third-order valence-electron chi connectivity index (χ3n) is 9.44. The first-order chi connectivity index (χ1) is 11.2. The van der Waals surface area contributed by atoms with Gasteiger partial charge in [-0.2, -0.15) is 0 Å². The number of allylic oxidation sites excluding steroid dienone is 1. The van der Waals surface area contributed by atoms with Crippen molar-refractivity contribution in [3.8, 4) is 0 Å². The summed E-state index contributed by atoms with van der Waals surface area (Å²) in [5, 5.41) is 20.7. The smallest absolute Gasteiger partial charge is 0.0602 e. The SMILES string of the molecule is C[C@H](O)[C@]1(C)CCC2=C1CC[C@@H]1[C@H]2CC[C@@]2(C)C[C@H](O)CC[C@]12C. The minimum atomic E-state index is -0.226. The molecule has 0 bridgehead atoms. The maximum absolute atomic E-state index is 10.4. The van der Waals surface area contributed by atoms with Gasteiger partial charge in [0.15, 0.2) is 0 Å². The number of hydrogen-bond donors (Lipinski definition) is 2. The van der Waals surface area contributed by atoms with E-state index in [0.717, 1.165) is 31.1 Å². The van der Waals surface area contributed by atoms with E-state index in [4.69, 9.17) is 0 Å². The van der Waals surface area contributed by atoms with E-state index in [2.05, 4.69) is 20.8 Å². The van der Waals surface area contributed by atoms with Crippen molar-refractivity contribution in [1.82, 2.24) is 0 Å². The first-order valence-electron chi connectivity index (χ1n) is 10.3. The Morgan fingerprint density at radius 2 is 1.75 bits per heavy atom. The molecular formula is C22H36O2. The summed E-state index contributed by atoms with van der Waals surface area (Å²) in [6.45, 7) is 9.30. The van der Waals surface area contributed by atoms with Crippen LogP contribution < -0.4 is 0 Å².